The highest BCUT2D eigenvalue weighted by Crippen LogP contribution is 2.45. The molecule has 4 aromatic rings. The number of rotatable bonds is 6. The van der Waals surface area contributed by atoms with E-state index < -0.39 is 0 Å². The average molecular weight is 443 g/mol. The summed E-state index contributed by atoms with van der Waals surface area (Å²) in [6, 6.07) is 22.7. The fourth-order valence-electron chi connectivity index (χ4n) is 4.27. The van der Waals surface area contributed by atoms with Gasteiger partial charge in [-0.15, -0.1) is 0 Å². The summed E-state index contributed by atoms with van der Waals surface area (Å²) in [5.41, 5.74) is 4.69. The molecule has 0 saturated heterocycles. The predicted octanol–water partition coefficient (Wildman–Crippen LogP) is 8.84. The fourth-order valence-corrected chi connectivity index (χ4v) is 4.94. The van der Waals surface area contributed by atoms with Crippen LogP contribution >= 0.6 is 34.8 Å². The number of benzene rings is 3. The number of fused-ring (bicyclic) bond motifs is 1. The third-order valence-corrected chi connectivity index (χ3v) is 6.30. The van der Waals surface area contributed by atoms with Crippen molar-refractivity contribution in [3.05, 3.63) is 105 Å². The normalized spacial score (nSPS) is 13.5. The van der Waals surface area contributed by atoms with Crippen LogP contribution in [-0.4, -0.2) is 4.98 Å². The van der Waals surface area contributed by atoms with Gasteiger partial charge < -0.3 is 4.98 Å². The van der Waals surface area contributed by atoms with Crippen molar-refractivity contribution in [1.82, 2.24) is 4.98 Å². The van der Waals surface area contributed by atoms with Crippen molar-refractivity contribution in [3.63, 3.8) is 0 Å². The van der Waals surface area contributed by atoms with Gasteiger partial charge in [0.25, 0.3) is 0 Å². The maximum atomic E-state index is 6.47. The van der Waals surface area contributed by atoms with Crippen molar-refractivity contribution in [1.29, 1.82) is 0 Å². The van der Waals surface area contributed by atoms with E-state index in [9.17, 15) is 0 Å². The van der Waals surface area contributed by atoms with Crippen molar-refractivity contribution < 1.29 is 0 Å². The zero-order valence-corrected chi connectivity index (χ0v) is 18.4. The lowest BCUT2D eigenvalue weighted by Crippen LogP contribution is -2.13. The van der Waals surface area contributed by atoms with Crippen LogP contribution in [0.3, 0.4) is 0 Å². The van der Waals surface area contributed by atoms with E-state index in [0.717, 1.165) is 28.8 Å². The van der Waals surface area contributed by atoms with Gasteiger partial charge in [0.1, 0.15) is 0 Å². The first-order chi connectivity index (χ1) is 14.1. The molecule has 1 N–H and O–H groups in total. The van der Waals surface area contributed by atoms with Crippen LogP contribution in [0.2, 0.25) is 15.1 Å². The Bertz CT molecular complexity index is 1100. The smallest absolute Gasteiger partial charge is 0.0661 e. The molecule has 0 saturated carbocycles. The van der Waals surface area contributed by atoms with Gasteiger partial charge in [-0.3, -0.25) is 0 Å². The molecule has 29 heavy (non-hydrogen) atoms. The molecule has 1 heterocycles. The monoisotopic (exact) mass is 441 g/mol. The molecule has 2 atom stereocenters. The third kappa shape index (κ3) is 4.19. The van der Waals surface area contributed by atoms with Gasteiger partial charge in [-0.05, 0) is 53.3 Å². The average Bonchev–Trinajstić information content (AvgIpc) is 3.13. The molecule has 0 aliphatic rings. The van der Waals surface area contributed by atoms with Gasteiger partial charge in [-0.2, -0.15) is 0 Å². The second kappa shape index (κ2) is 8.83. The van der Waals surface area contributed by atoms with Gasteiger partial charge in [-0.25, -0.2) is 0 Å². The van der Waals surface area contributed by atoms with Gasteiger partial charge in [0.2, 0.25) is 0 Å². The Labute approximate surface area is 186 Å². The topological polar surface area (TPSA) is 15.8 Å². The highest BCUT2D eigenvalue weighted by Gasteiger charge is 2.28. The number of nitrogens with one attached hydrogen (secondary N) is 1. The molecule has 0 bridgehead atoms. The van der Waals surface area contributed by atoms with Crippen molar-refractivity contribution in [2.75, 3.05) is 0 Å². The first kappa shape index (κ1) is 20.3. The van der Waals surface area contributed by atoms with E-state index in [1.165, 1.54) is 16.7 Å². The van der Waals surface area contributed by atoms with Crippen LogP contribution in [0.25, 0.3) is 10.9 Å². The lowest BCUT2D eigenvalue weighted by molar-refractivity contribution is 0.553. The lowest BCUT2D eigenvalue weighted by Gasteiger charge is -2.28. The first-order valence-electron chi connectivity index (χ1n) is 9.85. The number of aromatic amines is 1. The summed E-state index contributed by atoms with van der Waals surface area (Å²) in [6.45, 7) is 2.23. The quantitative estimate of drug-likeness (QED) is 0.307. The Morgan fingerprint density at radius 3 is 2.24 bits per heavy atom. The van der Waals surface area contributed by atoms with Gasteiger partial charge in [0.05, 0.1) is 10.5 Å². The maximum Gasteiger partial charge on any atom is 0.0661 e. The molecular weight excluding hydrogens is 421 g/mol. The van der Waals surface area contributed by atoms with Crippen LogP contribution in [0.15, 0.2) is 72.9 Å². The van der Waals surface area contributed by atoms with Gasteiger partial charge in [0, 0.05) is 27.5 Å². The Morgan fingerprint density at radius 1 is 0.828 bits per heavy atom. The molecule has 0 fully saturated rings. The number of halogens is 3. The third-order valence-electron chi connectivity index (χ3n) is 5.53. The van der Waals surface area contributed by atoms with Crippen molar-refractivity contribution >= 4 is 45.7 Å². The highest BCUT2D eigenvalue weighted by atomic mass is 35.5. The molecule has 1 nitrogen and oxygen atoms in total. The molecule has 3 aromatic carbocycles. The summed E-state index contributed by atoms with van der Waals surface area (Å²) in [5, 5.41) is 3.09. The van der Waals surface area contributed by atoms with Crippen LogP contribution in [0.1, 0.15) is 48.3 Å². The van der Waals surface area contributed by atoms with Gasteiger partial charge >= 0.3 is 0 Å². The second-order valence-electron chi connectivity index (χ2n) is 7.39. The minimum atomic E-state index is 0.151. The first-order valence-corrected chi connectivity index (χ1v) is 11.0. The highest BCUT2D eigenvalue weighted by molar-refractivity contribution is 6.38. The maximum absolute atomic E-state index is 6.47. The van der Waals surface area contributed by atoms with E-state index in [-0.39, 0.29) is 5.92 Å². The molecule has 0 spiro atoms. The number of aromatic nitrogens is 1. The number of hydrogen-bond acceptors (Lipinski definition) is 0. The van der Waals surface area contributed by atoms with Gasteiger partial charge in [0.15, 0.2) is 0 Å². The molecule has 0 radical (unpaired) electrons. The van der Waals surface area contributed by atoms with E-state index in [1.54, 1.807) is 6.07 Å². The van der Waals surface area contributed by atoms with E-state index in [1.807, 2.05) is 18.2 Å². The largest absolute Gasteiger partial charge is 0.360 e. The minimum absolute atomic E-state index is 0.151. The van der Waals surface area contributed by atoms with E-state index in [2.05, 4.69) is 60.6 Å². The summed E-state index contributed by atoms with van der Waals surface area (Å²) in [4.78, 5) is 3.38. The molecular formula is C25H22Cl3N. The van der Waals surface area contributed by atoms with E-state index in [4.69, 9.17) is 34.8 Å². The molecule has 0 amide bonds. The summed E-state index contributed by atoms with van der Waals surface area (Å²) in [7, 11) is 0. The lowest BCUT2D eigenvalue weighted by atomic mass is 9.75. The van der Waals surface area contributed by atoms with Crippen molar-refractivity contribution in [3.8, 4) is 0 Å². The standard InChI is InChI=1S/C25H22Cl3N/c1-2-6-20(16-7-4-3-5-8-16)24(17-9-11-18(26)12-10-17)22-15-29-25-21(22)13-19(27)14-23(25)28/h3-5,7-15,20,24,29H,2,6H2,1H3. The summed E-state index contributed by atoms with van der Waals surface area (Å²) < 4.78 is 0. The molecule has 2 unspecified atom stereocenters. The SMILES string of the molecule is CCCC(c1ccccc1)C(c1ccc(Cl)cc1)c1c[nH]c2c(Cl)cc(Cl)cc12. The van der Waals surface area contributed by atoms with Crippen LogP contribution in [0, 0.1) is 0 Å². The zero-order chi connectivity index (χ0) is 20.4. The Balaban J connectivity index is 1.95. The van der Waals surface area contributed by atoms with E-state index >= 15 is 0 Å². The van der Waals surface area contributed by atoms with Crippen LogP contribution in [0.5, 0.6) is 0 Å². The molecule has 0 aliphatic heterocycles. The summed E-state index contributed by atoms with van der Waals surface area (Å²) in [6.07, 6.45) is 4.24. The Hall–Kier alpha value is -1.93. The molecule has 148 valence electrons. The number of H-pyrrole nitrogens is 1. The van der Waals surface area contributed by atoms with Gasteiger partial charge in [-0.1, -0.05) is 90.6 Å². The van der Waals surface area contributed by atoms with Crippen LogP contribution in [-0.2, 0) is 0 Å². The predicted molar refractivity (Wildman–Crippen MR) is 126 cm³/mol. The minimum Gasteiger partial charge on any atom is -0.360 e. The Kier molecular flexibility index (Phi) is 6.20. The van der Waals surface area contributed by atoms with Crippen molar-refractivity contribution in [2.45, 2.75) is 31.6 Å². The fraction of sp³-hybridized carbons (Fsp3) is 0.200. The Morgan fingerprint density at radius 2 is 1.55 bits per heavy atom. The van der Waals surface area contributed by atoms with E-state index in [0.29, 0.717) is 16.0 Å². The second-order valence-corrected chi connectivity index (χ2v) is 8.67. The summed E-state index contributed by atoms with van der Waals surface area (Å²) >= 11 is 19.0. The summed E-state index contributed by atoms with van der Waals surface area (Å²) in [5.74, 6) is 0.469. The number of hydrogen-bond donors (Lipinski definition) is 1. The molecule has 1 aromatic heterocycles. The molecule has 4 rings (SSSR count). The molecule has 4 heteroatoms. The van der Waals surface area contributed by atoms with Crippen molar-refractivity contribution in [2.24, 2.45) is 0 Å². The van der Waals surface area contributed by atoms with Crippen LogP contribution in [0.4, 0.5) is 0 Å². The zero-order valence-electron chi connectivity index (χ0n) is 16.1. The van der Waals surface area contributed by atoms with Crippen LogP contribution < -0.4 is 0 Å². The molecule has 0 aliphatic carbocycles.